The Morgan fingerprint density at radius 2 is 1.96 bits per heavy atom. The monoisotopic (exact) mass is 339 g/mol. The fourth-order valence-corrected chi connectivity index (χ4v) is 3.97. The van der Waals surface area contributed by atoms with Gasteiger partial charge in [-0.3, -0.25) is 9.00 Å². The summed E-state index contributed by atoms with van der Waals surface area (Å²) in [6.45, 7) is 0. The Hall–Kier alpha value is -2.20. The van der Waals surface area contributed by atoms with E-state index in [1.807, 2.05) is 54.6 Å². The molecule has 3 nitrogen and oxygen atoms in total. The Labute approximate surface area is 145 Å². The molecular formula is C20H21NO2S. The van der Waals surface area contributed by atoms with E-state index in [2.05, 4.69) is 17.5 Å². The summed E-state index contributed by atoms with van der Waals surface area (Å²) in [5.41, 5.74) is 1.72. The molecule has 0 radical (unpaired) electrons. The van der Waals surface area contributed by atoms with E-state index in [1.165, 1.54) is 0 Å². The van der Waals surface area contributed by atoms with Crippen LogP contribution in [0.3, 0.4) is 0 Å². The third kappa shape index (κ3) is 4.65. The van der Waals surface area contributed by atoms with E-state index >= 15 is 0 Å². The van der Waals surface area contributed by atoms with Crippen molar-refractivity contribution in [2.45, 2.75) is 29.9 Å². The molecule has 0 spiro atoms. The second-order valence-corrected chi connectivity index (χ2v) is 7.47. The SMILES string of the molecule is O=C(C[C@H]1C=CCC1)Nc1cccc(C[S@](=O)c2ccccc2)c1. The van der Waals surface area contributed by atoms with Gasteiger partial charge in [-0.2, -0.15) is 0 Å². The third-order valence-corrected chi connectivity index (χ3v) is 5.47. The lowest BCUT2D eigenvalue weighted by Gasteiger charge is -2.10. The van der Waals surface area contributed by atoms with E-state index in [1.54, 1.807) is 0 Å². The fourth-order valence-electron chi connectivity index (χ4n) is 2.86. The van der Waals surface area contributed by atoms with Crippen LogP contribution < -0.4 is 5.32 Å². The number of carbonyl (C=O) groups is 1. The number of hydrogen-bond donors (Lipinski definition) is 1. The summed E-state index contributed by atoms with van der Waals surface area (Å²) in [6, 6.07) is 17.0. The standard InChI is InChI=1S/C20H21NO2S/c22-20(14-16-7-4-5-8-16)21-18-10-6-9-17(13-18)15-24(23)19-11-2-1-3-12-19/h1-4,6-7,9-13,16H,5,8,14-15H2,(H,21,22)/t16-,24-/m0/s1. The predicted molar refractivity (Wildman–Crippen MR) is 98.1 cm³/mol. The summed E-state index contributed by atoms with van der Waals surface area (Å²) >= 11 is 0. The van der Waals surface area contributed by atoms with Crippen molar-refractivity contribution in [2.75, 3.05) is 5.32 Å². The molecule has 0 bridgehead atoms. The molecule has 124 valence electrons. The second kappa shape index (κ2) is 8.06. The molecule has 0 saturated heterocycles. The van der Waals surface area contributed by atoms with Crippen molar-refractivity contribution in [3.8, 4) is 0 Å². The van der Waals surface area contributed by atoms with Crippen molar-refractivity contribution in [1.29, 1.82) is 0 Å². The lowest BCUT2D eigenvalue weighted by atomic mass is 10.0. The Morgan fingerprint density at radius 1 is 1.12 bits per heavy atom. The Balaban J connectivity index is 1.60. The minimum absolute atomic E-state index is 0.0351. The maximum atomic E-state index is 12.4. The summed E-state index contributed by atoms with van der Waals surface area (Å²) in [7, 11) is -1.08. The van der Waals surface area contributed by atoms with Gasteiger partial charge >= 0.3 is 0 Å². The zero-order valence-corrected chi connectivity index (χ0v) is 14.3. The third-order valence-electron chi connectivity index (χ3n) is 4.07. The molecule has 0 fully saturated rings. The molecule has 0 aliphatic heterocycles. The minimum atomic E-state index is -1.08. The average molecular weight is 339 g/mol. The highest BCUT2D eigenvalue weighted by atomic mass is 32.2. The molecule has 0 saturated carbocycles. The number of anilines is 1. The van der Waals surface area contributed by atoms with Crippen LogP contribution in [0.4, 0.5) is 5.69 Å². The molecule has 24 heavy (non-hydrogen) atoms. The molecule has 0 heterocycles. The van der Waals surface area contributed by atoms with Crippen molar-refractivity contribution < 1.29 is 9.00 Å². The predicted octanol–water partition coefficient (Wildman–Crippen LogP) is 4.29. The summed E-state index contributed by atoms with van der Waals surface area (Å²) < 4.78 is 12.4. The van der Waals surface area contributed by atoms with Crippen molar-refractivity contribution in [1.82, 2.24) is 0 Å². The maximum absolute atomic E-state index is 12.4. The quantitative estimate of drug-likeness (QED) is 0.798. The van der Waals surface area contributed by atoms with Gasteiger partial charge in [0.1, 0.15) is 0 Å². The van der Waals surface area contributed by atoms with Crippen molar-refractivity contribution in [3.63, 3.8) is 0 Å². The lowest BCUT2D eigenvalue weighted by molar-refractivity contribution is -0.116. The van der Waals surface area contributed by atoms with E-state index in [0.29, 0.717) is 18.1 Å². The van der Waals surface area contributed by atoms with Crippen LogP contribution in [0.2, 0.25) is 0 Å². The van der Waals surface area contributed by atoms with Gasteiger partial charge in [0.05, 0.1) is 16.6 Å². The smallest absolute Gasteiger partial charge is 0.224 e. The molecule has 2 aromatic carbocycles. The van der Waals surface area contributed by atoms with Crippen LogP contribution in [0.25, 0.3) is 0 Å². The largest absolute Gasteiger partial charge is 0.326 e. The molecule has 3 rings (SSSR count). The number of nitrogens with one attached hydrogen (secondary N) is 1. The van der Waals surface area contributed by atoms with Crippen LogP contribution in [0.5, 0.6) is 0 Å². The van der Waals surface area contributed by atoms with Crippen molar-refractivity contribution in [3.05, 3.63) is 72.3 Å². The minimum Gasteiger partial charge on any atom is -0.326 e. The van der Waals surface area contributed by atoms with Gasteiger partial charge in [-0.1, -0.05) is 42.5 Å². The molecule has 2 atom stereocenters. The number of hydrogen-bond acceptors (Lipinski definition) is 2. The first kappa shape index (κ1) is 16.7. The highest BCUT2D eigenvalue weighted by Gasteiger charge is 2.14. The van der Waals surface area contributed by atoms with E-state index < -0.39 is 10.8 Å². The molecule has 1 N–H and O–H groups in total. The number of allylic oxidation sites excluding steroid dienone is 2. The van der Waals surface area contributed by atoms with Crippen molar-refractivity contribution >= 4 is 22.4 Å². The molecular weight excluding hydrogens is 318 g/mol. The fraction of sp³-hybridized carbons (Fsp3) is 0.250. The zero-order valence-electron chi connectivity index (χ0n) is 13.5. The van der Waals surface area contributed by atoms with Crippen LogP contribution in [0, 0.1) is 5.92 Å². The second-order valence-electron chi connectivity index (χ2n) is 6.02. The molecule has 2 aromatic rings. The van der Waals surface area contributed by atoms with Crippen LogP contribution in [0.1, 0.15) is 24.8 Å². The first-order valence-corrected chi connectivity index (χ1v) is 9.51. The van der Waals surface area contributed by atoms with E-state index in [0.717, 1.165) is 29.0 Å². The first-order chi connectivity index (χ1) is 11.7. The molecule has 1 aliphatic rings. The average Bonchev–Trinajstić information content (AvgIpc) is 3.08. The molecule has 1 amide bonds. The van der Waals surface area contributed by atoms with Gasteiger partial charge < -0.3 is 5.32 Å². The Kier molecular flexibility index (Phi) is 5.59. The number of benzene rings is 2. The van der Waals surface area contributed by atoms with Gasteiger partial charge in [-0.05, 0) is 48.6 Å². The number of amides is 1. The summed E-state index contributed by atoms with van der Waals surface area (Å²) in [6.07, 6.45) is 6.91. The van der Waals surface area contributed by atoms with Gasteiger partial charge in [0.2, 0.25) is 5.91 Å². The Morgan fingerprint density at radius 3 is 2.71 bits per heavy atom. The Bertz CT molecular complexity index is 755. The van der Waals surface area contributed by atoms with Crippen molar-refractivity contribution in [2.24, 2.45) is 5.92 Å². The van der Waals surface area contributed by atoms with E-state index in [4.69, 9.17) is 0 Å². The molecule has 1 aliphatic carbocycles. The molecule has 0 aromatic heterocycles. The molecule has 0 unspecified atom stereocenters. The first-order valence-electron chi connectivity index (χ1n) is 8.19. The van der Waals surface area contributed by atoms with Gasteiger partial charge in [-0.15, -0.1) is 0 Å². The van der Waals surface area contributed by atoms with Gasteiger partial charge in [0.25, 0.3) is 0 Å². The number of carbonyl (C=O) groups excluding carboxylic acids is 1. The maximum Gasteiger partial charge on any atom is 0.224 e. The highest BCUT2D eigenvalue weighted by Crippen LogP contribution is 2.21. The highest BCUT2D eigenvalue weighted by molar-refractivity contribution is 7.84. The topological polar surface area (TPSA) is 46.2 Å². The van der Waals surface area contributed by atoms with Crippen LogP contribution >= 0.6 is 0 Å². The number of rotatable bonds is 6. The summed E-state index contributed by atoms with van der Waals surface area (Å²) in [4.78, 5) is 12.9. The summed E-state index contributed by atoms with van der Waals surface area (Å²) in [5, 5.41) is 2.95. The van der Waals surface area contributed by atoms with Crippen LogP contribution in [0.15, 0.2) is 71.6 Å². The normalized spacial score (nSPS) is 17.6. The lowest BCUT2D eigenvalue weighted by Crippen LogP contribution is -2.14. The van der Waals surface area contributed by atoms with Crippen LogP contribution in [-0.4, -0.2) is 10.1 Å². The van der Waals surface area contributed by atoms with Gasteiger partial charge in [0.15, 0.2) is 0 Å². The van der Waals surface area contributed by atoms with Crippen LogP contribution in [-0.2, 0) is 21.3 Å². The van der Waals surface area contributed by atoms with E-state index in [-0.39, 0.29) is 5.91 Å². The van der Waals surface area contributed by atoms with E-state index in [9.17, 15) is 9.00 Å². The van der Waals surface area contributed by atoms with Gasteiger partial charge in [0, 0.05) is 17.0 Å². The summed E-state index contributed by atoms with van der Waals surface area (Å²) in [5.74, 6) is 0.839. The van der Waals surface area contributed by atoms with Gasteiger partial charge in [-0.25, -0.2) is 0 Å². The molecule has 4 heteroatoms. The zero-order chi connectivity index (χ0) is 16.8.